The fourth-order valence-electron chi connectivity index (χ4n) is 6.41. The number of nitrogen functional groups attached to an aromatic ring is 1. The molecule has 222 valence electrons. The van der Waals surface area contributed by atoms with Crippen LogP contribution in [-0.2, 0) is 22.5 Å². The van der Waals surface area contributed by atoms with Gasteiger partial charge in [0.1, 0.15) is 11.6 Å². The normalized spacial score (nSPS) is 16.2. The van der Waals surface area contributed by atoms with Gasteiger partial charge in [-0.1, -0.05) is 36.4 Å². The number of para-hydroxylation sites is 1. The predicted molar refractivity (Wildman–Crippen MR) is 167 cm³/mol. The lowest BCUT2D eigenvalue weighted by Gasteiger charge is -2.34. The van der Waals surface area contributed by atoms with Crippen molar-refractivity contribution in [2.24, 2.45) is 5.73 Å². The fraction of sp³-hybridized carbons (Fsp3) is 0.412. The predicted octanol–water partition coefficient (Wildman–Crippen LogP) is 5.74. The molecule has 1 aliphatic rings. The highest BCUT2D eigenvalue weighted by molar-refractivity contribution is 5.86. The van der Waals surface area contributed by atoms with Crippen molar-refractivity contribution in [3.05, 3.63) is 82.9 Å². The molecule has 2 aromatic heterocycles. The van der Waals surface area contributed by atoms with E-state index in [1.807, 2.05) is 24.0 Å². The summed E-state index contributed by atoms with van der Waals surface area (Å²) in [5.74, 6) is 0.562. The van der Waals surface area contributed by atoms with Crippen molar-refractivity contribution in [1.82, 2.24) is 14.5 Å². The number of methoxy groups -OCH3 is 1. The lowest BCUT2D eigenvalue weighted by atomic mass is 9.91. The average Bonchev–Trinajstić information content (AvgIpc) is 3.27. The summed E-state index contributed by atoms with van der Waals surface area (Å²) in [5.41, 5.74) is 19.4. The van der Waals surface area contributed by atoms with Crippen LogP contribution in [0.2, 0.25) is 0 Å². The van der Waals surface area contributed by atoms with E-state index in [4.69, 9.17) is 16.2 Å². The highest BCUT2D eigenvalue weighted by Crippen LogP contribution is 2.37. The van der Waals surface area contributed by atoms with Gasteiger partial charge in [0.15, 0.2) is 0 Å². The lowest BCUT2D eigenvalue weighted by Crippen LogP contribution is -2.42. The number of ether oxygens (including phenoxy) is 1. The standard InChI is InChI=1S/C34H42FN5O2/c1-22-17-27(20-38-34(22)37)25-12-10-24(11-13-25)18-28(36)19-31(41)39-14-5-7-26(21-39)32-23(2)29-8-4-9-30(35)33(29)40(32)15-6-16-42-3/h4,8-13,17,20,26,28H,5-7,14-16,18-19,21,36H2,1-3H3,(H2,37,38)/t26?,28-/m1/s1. The summed E-state index contributed by atoms with van der Waals surface area (Å²) in [6.07, 6.45) is 5.37. The van der Waals surface area contributed by atoms with Crippen LogP contribution in [0.25, 0.3) is 22.0 Å². The third kappa shape index (κ3) is 6.35. The summed E-state index contributed by atoms with van der Waals surface area (Å²) >= 11 is 0. The lowest BCUT2D eigenvalue weighted by molar-refractivity contribution is -0.132. The quantitative estimate of drug-likeness (QED) is 0.236. The third-order valence-electron chi connectivity index (χ3n) is 8.57. The minimum atomic E-state index is -0.277. The number of anilines is 1. The van der Waals surface area contributed by atoms with Crippen LogP contribution in [0.15, 0.2) is 54.7 Å². The molecule has 1 saturated heterocycles. The Kier molecular flexibility index (Phi) is 9.24. The Labute approximate surface area is 247 Å². The van der Waals surface area contributed by atoms with Gasteiger partial charge in [-0.05, 0) is 73.9 Å². The number of nitrogens with two attached hydrogens (primary N) is 2. The molecule has 1 amide bonds. The fourth-order valence-corrected chi connectivity index (χ4v) is 6.41. The smallest absolute Gasteiger partial charge is 0.224 e. The highest BCUT2D eigenvalue weighted by Gasteiger charge is 2.30. The van der Waals surface area contributed by atoms with Gasteiger partial charge < -0.3 is 25.7 Å². The second-order valence-electron chi connectivity index (χ2n) is 11.6. The molecule has 0 saturated carbocycles. The summed E-state index contributed by atoms with van der Waals surface area (Å²) in [6.45, 7) is 6.67. The van der Waals surface area contributed by atoms with E-state index in [2.05, 4.69) is 40.7 Å². The van der Waals surface area contributed by atoms with Crippen LogP contribution in [0, 0.1) is 19.7 Å². The van der Waals surface area contributed by atoms with Gasteiger partial charge in [-0.2, -0.15) is 0 Å². The molecule has 0 spiro atoms. The molecule has 5 rings (SSSR count). The number of halogens is 1. The number of hydrogen-bond acceptors (Lipinski definition) is 5. The Morgan fingerprint density at radius 3 is 2.69 bits per heavy atom. The van der Waals surface area contributed by atoms with Gasteiger partial charge in [0.2, 0.25) is 5.91 Å². The van der Waals surface area contributed by atoms with Crippen molar-refractivity contribution >= 4 is 22.6 Å². The summed E-state index contributed by atoms with van der Waals surface area (Å²) in [6, 6.07) is 15.3. The van der Waals surface area contributed by atoms with Crippen molar-refractivity contribution in [2.45, 2.75) is 64.5 Å². The number of nitrogens with zero attached hydrogens (tertiary/aromatic N) is 3. The number of piperidine rings is 1. The minimum absolute atomic E-state index is 0.0816. The third-order valence-corrected chi connectivity index (χ3v) is 8.57. The zero-order chi connectivity index (χ0) is 29.8. The molecule has 3 heterocycles. The maximum atomic E-state index is 15.0. The largest absolute Gasteiger partial charge is 0.385 e. The monoisotopic (exact) mass is 571 g/mol. The van der Waals surface area contributed by atoms with Crippen LogP contribution in [0.5, 0.6) is 0 Å². The van der Waals surface area contributed by atoms with Gasteiger partial charge in [0.05, 0.1) is 5.52 Å². The molecule has 2 atom stereocenters. The molecule has 4 aromatic rings. The summed E-state index contributed by atoms with van der Waals surface area (Å²) < 4.78 is 22.5. The molecule has 4 N–H and O–H groups in total. The van der Waals surface area contributed by atoms with Gasteiger partial charge in [-0.25, -0.2) is 9.37 Å². The number of carbonyl (C=O) groups is 1. The maximum absolute atomic E-state index is 15.0. The first kappa shape index (κ1) is 29.7. The Bertz CT molecular complexity index is 1550. The first-order valence-electron chi connectivity index (χ1n) is 14.9. The van der Waals surface area contributed by atoms with Gasteiger partial charge in [-0.3, -0.25) is 4.79 Å². The van der Waals surface area contributed by atoms with Gasteiger partial charge in [-0.15, -0.1) is 0 Å². The van der Waals surface area contributed by atoms with E-state index in [0.717, 1.165) is 64.7 Å². The van der Waals surface area contributed by atoms with E-state index < -0.39 is 0 Å². The molecule has 2 aromatic carbocycles. The number of carbonyl (C=O) groups excluding carboxylic acids is 1. The number of fused-ring (bicyclic) bond motifs is 1. The number of aromatic nitrogens is 2. The van der Waals surface area contributed by atoms with Gasteiger partial charge in [0.25, 0.3) is 0 Å². The topological polar surface area (TPSA) is 99.4 Å². The number of hydrogen-bond donors (Lipinski definition) is 2. The first-order valence-corrected chi connectivity index (χ1v) is 14.9. The van der Waals surface area contributed by atoms with Crippen molar-refractivity contribution in [3.63, 3.8) is 0 Å². The van der Waals surface area contributed by atoms with Gasteiger partial charge in [0, 0.05) is 74.6 Å². The van der Waals surface area contributed by atoms with E-state index in [-0.39, 0.29) is 23.7 Å². The Morgan fingerprint density at radius 2 is 1.95 bits per heavy atom. The Hall–Kier alpha value is -3.75. The molecule has 0 aliphatic carbocycles. The summed E-state index contributed by atoms with van der Waals surface area (Å²) in [5, 5.41) is 0.946. The van der Waals surface area contributed by atoms with E-state index in [1.165, 1.54) is 6.07 Å². The highest BCUT2D eigenvalue weighted by atomic mass is 19.1. The molecule has 7 nitrogen and oxygen atoms in total. The number of rotatable bonds is 10. The van der Waals surface area contributed by atoms with Crippen LogP contribution >= 0.6 is 0 Å². The average molecular weight is 572 g/mol. The number of pyridine rings is 1. The SMILES string of the molecule is COCCCn1c(C2CCCN(C(=O)C[C@H](N)Cc3ccc(-c4cnc(N)c(C)c4)cc3)C2)c(C)c2cccc(F)c21. The van der Waals surface area contributed by atoms with Crippen molar-refractivity contribution in [3.8, 4) is 11.1 Å². The van der Waals surface area contributed by atoms with Crippen molar-refractivity contribution in [2.75, 3.05) is 32.5 Å². The van der Waals surface area contributed by atoms with Crippen LogP contribution in [0.4, 0.5) is 10.2 Å². The molecule has 0 radical (unpaired) electrons. The van der Waals surface area contributed by atoms with Crippen LogP contribution in [-0.4, -0.2) is 53.2 Å². The molecule has 0 bridgehead atoms. The van der Waals surface area contributed by atoms with E-state index in [1.54, 1.807) is 19.4 Å². The molecular weight excluding hydrogens is 529 g/mol. The zero-order valence-corrected chi connectivity index (χ0v) is 24.9. The van der Waals surface area contributed by atoms with Crippen LogP contribution in [0.1, 0.15) is 54.0 Å². The molecule has 1 unspecified atom stereocenters. The maximum Gasteiger partial charge on any atom is 0.224 e. The first-order chi connectivity index (χ1) is 20.3. The molecule has 8 heteroatoms. The second kappa shape index (κ2) is 13.0. The number of likely N-dealkylation sites (tertiary alicyclic amines) is 1. The molecule has 1 aliphatic heterocycles. The summed E-state index contributed by atoms with van der Waals surface area (Å²) in [4.78, 5) is 19.6. The minimum Gasteiger partial charge on any atom is -0.385 e. The molecule has 1 fully saturated rings. The summed E-state index contributed by atoms with van der Waals surface area (Å²) in [7, 11) is 1.69. The number of benzene rings is 2. The van der Waals surface area contributed by atoms with Crippen LogP contribution < -0.4 is 11.5 Å². The van der Waals surface area contributed by atoms with E-state index >= 15 is 4.39 Å². The van der Waals surface area contributed by atoms with Crippen molar-refractivity contribution in [1.29, 1.82) is 0 Å². The number of aryl methyl sites for hydroxylation is 3. The van der Waals surface area contributed by atoms with Crippen LogP contribution in [0.3, 0.4) is 0 Å². The van der Waals surface area contributed by atoms with Gasteiger partial charge >= 0.3 is 0 Å². The zero-order valence-electron chi connectivity index (χ0n) is 24.9. The number of amides is 1. The van der Waals surface area contributed by atoms with Crippen molar-refractivity contribution < 1.29 is 13.9 Å². The molecular formula is C34H42FN5O2. The van der Waals surface area contributed by atoms with E-state index in [0.29, 0.717) is 43.9 Å². The second-order valence-corrected chi connectivity index (χ2v) is 11.6. The molecule has 42 heavy (non-hydrogen) atoms. The Morgan fingerprint density at radius 1 is 1.17 bits per heavy atom. The Balaban J connectivity index is 1.25. The van der Waals surface area contributed by atoms with E-state index in [9.17, 15) is 4.79 Å².